The molecule has 4 N–H and O–H groups in total. The molecule has 8 nitrogen and oxygen atoms in total. The fourth-order valence-electron chi connectivity index (χ4n) is 4.16. The number of aryl methyl sites for hydroxylation is 2. The molecule has 160 valence electrons. The second kappa shape index (κ2) is 8.41. The van der Waals surface area contributed by atoms with E-state index in [1.807, 2.05) is 20.2 Å². The Kier molecular flexibility index (Phi) is 6.09. The highest BCUT2D eigenvalue weighted by Gasteiger charge is 2.24. The second-order valence-corrected chi connectivity index (χ2v) is 7.35. The summed E-state index contributed by atoms with van der Waals surface area (Å²) in [5.74, 6) is -0.974. The van der Waals surface area contributed by atoms with E-state index in [0.717, 1.165) is 53.5 Å². The van der Waals surface area contributed by atoms with E-state index in [2.05, 4.69) is 31.7 Å². The summed E-state index contributed by atoms with van der Waals surface area (Å²) in [4.78, 5) is 26.1. The summed E-state index contributed by atoms with van der Waals surface area (Å²) in [6.07, 6.45) is 1.45. The van der Waals surface area contributed by atoms with E-state index >= 15 is 0 Å². The monoisotopic (exact) mass is 433 g/mol. The molecule has 30 heavy (non-hydrogen) atoms. The summed E-state index contributed by atoms with van der Waals surface area (Å²) in [5.41, 5.74) is 4.45. The van der Waals surface area contributed by atoms with Crippen LogP contribution in [0.4, 0.5) is 4.79 Å². The number of benzene rings is 1. The molecule has 1 aliphatic rings. The number of aromatic amines is 1. The third-order valence-corrected chi connectivity index (χ3v) is 5.55. The van der Waals surface area contributed by atoms with Gasteiger partial charge in [-0.25, -0.2) is 4.79 Å². The minimum atomic E-state index is -1.64. The van der Waals surface area contributed by atoms with Crippen molar-refractivity contribution in [2.24, 2.45) is 7.05 Å². The summed E-state index contributed by atoms with van der Waals surface area (Å²) in [6, 6.07) is 6.27. The van der Waals surface area contributed by atoms with Crippen molar-refractivity contribution in [2.75, 3.05) is 7.05 Å². The summed E-state index contributed by atoms with van der Waals surface area (Å²) < 4.78 is 6.68. The Morgan fingerprint density at radius 1 is 1.27 bits per heavy atom. The van der Waals surface area contributed by atoms with Crippen molar-refractivity contribution < 1.29 is 19.7 Å². The van der Waals surface area contributed by atoms with Gasteiger partial charge in [0.05, 0.1) is 5.69 Å². The molecule has 3 aromatic rings. The van der Waals surface area contributed by atoms with Gasteiger partial charge >= 0.3 is 6.16 Å². The molecule has 0 spiro atoms. The van der Waals surface area contributed by atoms with Crippen LogP contribution in [0.15, 0.2) is 23.0 Å². The Hall–Kier alpha value is -2.97. The Morgan fingerprint density at radius 3 is 2.70 bits per heavy atom. The Labute approximate surface area is 178 Å². The van der Waals surface area contributed by atoms with E-state index in [9.17, 15) is 14.7 Å². The van der Waals surface area contributed by atoms with Gasteiger partial charge in [0.1, 0.15) is 0 Å². The van der Waals surface area contributed by atoms with Crippen molar-refractivity contribution in [3.8, 4) is 22.8 Å². The third-order valence-electron chi connectivity index (χ3n) is 5.55. The Bertz CT molecular complexity index is 1180. The van der Waals surface area contributed by atoms with Crippen LogP contribution in [0.1, 0.15) is 29.7 Å². The van der Waals surface area contributed by atoms with Crippen molar-refractivity contribution in [1.82, 2.24) is 14.9 Å². The van der Waals surface area contributed by atoms with E-state index in [4.69, 9.17) is 5.11 Å². The van der Waals surface area contributed by atoms with E-state index in [1.54, 1.807) is 0 Å². The molecule has 9 heteroatoms. The van der Waals surface area contributed by atoms with Crippen LogP contribution in [-0.4, -0.2) is 33.0 Å². The van der Waals surface area contributed by atoms with Crippen molar-refractivity contribution in [3.05, 3.63) is 45.4 Å². The number of H-pyrrole nitrogens is 1. The number of hydrogen-bond acceptors (Lipinski definition) is 5. The van der Waals surface area contributed by atoms with Gasteiger partial charge < -0.3 is 29.8 Å². The zero-order valence-corrected chi connectivity index (χ0v) is 17.6. The minimum absolute atomic E-state index is 0. The molecule has 0 bridgehead atoms. The molecule has 1 aromatic carbocycles. The third kappa shape index (κ3) is 3.64. The number of aromatic nitrogens is 2. The van der Waals surface area contributed by atoms with Gasteiger partial charge in [-0.3, -0.25) is 4.79 Å². The molecule has 0 fully saturated rings. The number of carbonyl (C=O) groups is 1. The standard InChI is InChI=1S/C21H23N3O5.ClH/c1-22-10-13-7-12-8-15-11(9-16(12)24(13)2)5-3-4-6-14-17(15)23-20(26)19(18(14)25)29-21(27)28;/h7-9,22H,3-6,10H2,1-2H3,(H,27,28)(H2,23,25,26);1H. The molecular formula is C21H24ClN3O5. The van der Waals surface area contributed by atoms with Crippen molar-refractivity contribution in [3.63, 3.8) is 0 Å². The lowest BCUT2D eigenvalue weighted by atomic mass is 9.89. The Morgan fingerprint density at radius 2 is 2.00 bits per heavy atom. The number of aromatic hydroxyl groups is 1. The molecule has 0 radical (unpaired) electrons. The van der Waals surface area contributed by atoms with Gasteiger partial charge in [-0.2, -0.15) is 0 Å². The largest absolute Gasteiger partial charge is 0.511 e. The zero-order chi connectivity index (χ0) is 20.7. The first-order valence-corrected chi connectivity index (χ1v) is 9.55. The maximum absolute atomic E-state index is 12.4. The van der Waals surface area contributed by atoms with Crippen molar-refractivity contribution in [1.29, 1.82) is 0 Å². The van der Waals surface area contributed by atoms with Crippen LogP contribution in [0, 0.1) is 0 Å². The number of pyridine rings is 1. The molecule has 0 saturated heterocycles. The molecule has 2 aromatic heterocycles. The fourth-order valence-corrected chi connectivity index (χ4v) is 4.16. The number of rotatable bonds is 3. The molecule has 0 atom stereocenters. The fraction of sp³-hybridized carbons (Fsp3) is 0.333. The van der Waals surface area contributed by atoms with Crippen LogP contribution in [0.25, 0.3) is 22.2 Å². The lowest BCUT2D eigenvalue weighted by Gasteiger charge is -2.19. The molecule has 0 unspecified atom stereocenters. The maximum Gasteiger partial charge on any atom is 0.511 e. The van der Waals surface area contributed by atoms with Gasteiger partial charge in [-0.15, -0.1) is 12.4 Å². The smallest absolute Gasteiger partial charge is 0.504 e. The summed E-state index contributed by atoms with van der Waals surface area (Å²) in [7, 11) is 3.93. The number of nitrogens with zero attached hydrogens (tertiary/aromatic N) is 1. The Balaban J connectivity index is 0.00000256. The lowest BCUT2D eigenvalue weighted by molar-refractivity contribution is 0.142. The number of nitrogens with one attached hydrogen (secondary N) is 2. The SMILES string of the molecule is CNCc1cc2cc3c(cc2n1C)CCCCc1c-3[nH]c(=O)c(OC(=O)O)c1O.Cl. The molecular weight excluding hydrogens is 410 g/mol. The number of halogens is 1. The summed E-state index contributed by atoms with van der Waals surface area (Å²) in [6.45, 7) is 0.736. The molecule has 4 rings (SSSR count). The van der Waals surface area contributed by atoms with Gasteiger partial charge in [-0.05, 0) is 56.5 Å². The van der Waals surface area contributed by atoms with Gasteiger partial charge in [-0.1, -0.05) is 0 Å². The van der Waals surface area contributed by atoms with E-state index in [-0.39, 0.29) is 12.4 Å². The van der Waals surface area contributed by atoms with E-state index < -0.39 is 23.2 Å². The van der Waals surface area contributed by atoms with E-state index in [1.165, 1.54) is 0 Å². The number of hydrogen-bond donors (Lipinski definition) is 4. The predicted octanol–water partition coefficient (Wildman–Crippen LogP) is 3.32. The van der Waals surface area contributed by atoms with Crippen LogP contribution in [0.5, 0.6) is 11.5 Å². The van der Waals surface area contributed by atoms with Crippen molar-refractivity contribution >= 4 is 29.5 Å². The van der Waals surface area contributed by atoms with Gasteiger partial charge in [0, 0.05) is 41.3 Å². The zero-order valence-electron chi connectivity index (χ0n) is 16.7. The van der Waals surface area contributed by atoms with Crippen LogP contribution in [-0.2, 0) is 26.4 Å². The second-order valence-electron chi connectivity index (χ2n) is 7.35. The normalized spacial score (nSPS) is 13.0. The molecule has 0 saturated carbocycles. The van der Waals surface area contributed by atoms with Crippen LogP contribution >= 0.6 is 12.4 Å². The number of fused-ring (bicyclic) bond motifs is 4. The first kappa shape index (κ1) is 21.7. The van der Waals surface area contributed by atoms with Crippen LogP contribution in [0.2, 0.25) is 0 Å². The summed E-state index contributed by atoms with van der Waals surface area (Å²) >= 11 is 0. The molecule has 2 heterocycles. The van der Waals surface area contributed by atoms with Crippen molar-refractivity contribution in [2.45, 2.75) is 32.2 Å². The maximum atomic E-state index is 12.4. The highest BCUT2D eigenvalue weighted by Crippen LogP contribution is 2.39. The summed E-state index contributed by atoms with van der Waals surface area (Å²) in [5, 5.41) is 23.7. The van der Waals surface area contributed by atoms with Gasteiger partial charge in [0.2, 0.25) is 5.75 Å². The molecule has 0 aliphatic heterocycles. The van der Waals surface area contributed by atoms with Crippen LogP contribution < -0.4 is 15.6 Å². The molecule has 1 aliphatic carbocycles. The van der Waals surface area contributed by atoms with Gasteiger partial charge in [0.15, 0.2) is 5.75 Å². The minimum Gasteiger partial charge on any atom is -0.504 e. The van der Waals surface area contributed by atoms with Gasteiger partial charge in [0.25, 0.3) is 5.56 Å². The first-order valence-electron chi connectivity index (χ1n) is 9.55. The highest BCUT2D eigenvalue weighted by molar-refractivity contribution is 5.89. The lowest BCUT2D eigenvalue weighted by Crippen LogP contribution is -2.18. The quantitative estimate of drug-likeness (QED) is 0.471. The van der Waals surface area contributed by atoms with Crippen LogP contribution in [0.3, 0.4) is 0 Å². The highest BCUT2D eigenvalue weighted by atomic mass is 35.5. The van der Waals surface area contributed by atoms with E-state index in [0.29, 0.717) is 17.7 Å². The average molecular weight is 434 g/mol. The predicted molar refractivity (Wildman–Crippen MR) is 116 cm³/mol. The first-order chi connectivity index (χ1) is 13.9. The number of carboxylic acid groups (broad SMARTS) is 1. The molecule has 0 amide bonds. The average Bonchev–Trinajstić information content (AvgIpc) is 2.96. The topological polar surface area (TPSA) is 117 Å². The number of ether oxygens (including phenoxy) is 1.